The van der Waals surface area contributed by atoms with Gasteiger partial charge in [-0.05, 0) is 80.6 Å². The largest absolute Gasteiger partial charge is 0.494 e. The number of amides is 1. The highest BCUT2D eigenvalue weighted by Crippen LogP contribution is 2.26. The number of piperidine rings is 1. The molecular formula is C27H32N4O6. The van der Waals surface area contributed by atoms with Crippen LogP contribution >= 0.6 is 0 Å². The summed E-state index contributed by atoms with van der Waals surface area (Å²) in [6.07, 6.45) is 7.65. The summed E-state index contributed by atoms with van der Waals surface area (Å²) in [4.78, 5) is 37.9. The lowest BCUT2D eigenvalue weighted by atomic mass is 9.93. The van der Waals surface area contributed by atoms with Gasteiger partial charge in [0.05, 0.1) is 11.5 Å². The van der Waals surface area contributed by atoms with Crippen LogP contribution in [0, 0.1) is 16.0 Å². The number of hydrogen-bond donors (Lipinski definition) is 4. The van der Waals surface area contributed by atoms with Crippen LogP contribution in [0.3, 0.4) is 0 Å². The van der Waals surface area contributed by atoms with Gasteiger partial charge in [-0.1, -0.05) is 6.42 Å². The fourth-order valence-electron chi connectivity index (χ4n) is 4.71. The Morgan fingerprint density at radius 3 is 2.59 bits per heavy atom. The maximum Gasteiger partial charge on any atom is 0.326 e. The highest BCUT2D eigenvalue weighted by atomic mass is 16.6. The molecule has 0 saturated carbocycles. The minimum absolute atomic E-state index is 0.0632. The summed E-state index contributed by atoms with van der Waals surface area (Å²) in [5.74, 6) is -0.262. The number of fused-ring (bicyclic) bond motifs is 1. The molecule has 4 N–H and O–H groups in total. The van der Waals surface area contributed by atoms with Crippen LogP contribution in [-0.2, 0) is 11.2 Å². The number of aromatic amines is 1. The molecule has 3 aromatic rings. The minimum atomic E-state index is -1.18. The first kappa shape index (κ1) is 26.2. The third kappa shape index (κ3) is 7.07. The second kappa shape index (κ2) is 12.4. The lowest BCUT2D eigenvalue weighted by Gasteiger charge is -2.22. The number of carbonyl (C=O) groups is 2. The van der Waals surface area contributed by atoms with Crippen molar-refractivity contribution in [2.24, 2.45) is 5.92 Å². The molecule has 0 unspecified atom stereocenters. The number of benzene rings is 2. The molecule has 1 amide bonds. The van der Waals surface area contributed by atoms with Crippen LogP contribution in [0.2, 0.25) is 0 Å². The van der Waals surface area contributed by atoms with Crippen molar-refractivity contribution < 1.29 is 24.4 Å². The minimum Gasteiger partial charge on any atom is -0.494 e. The molecule has 0 radical (unpaired) electrons. The van der Waals surface area contributed by atoms with Gasteiger partial charge in [-0.15, -0.1) is 0 Å². The zero-order valence-corrected chi connectivity index (χ0v) is 20.6. The van der Waals surface area contributed by atoms with Gasteiger partial charge in [0.25, 0.3) is 11.6 Å². The molecule has 1 atom stereocenters. The molecule has 0 spiro atoms. The van der Waals surface area contributed by atoms with Gasteiger partial charge in [0, 0.05) is 41.2 Å². The van der Waals surface area contributed by atoms with E-state index in [1.165, 1.54) is 43.5 Å². The van der Waals surface area contributed by atoms with Gasteiger partial charge in [-0.3, -0.25) is 14.9 Å². The van der Waals surface area contributed by atoms with Crippen LogP contribution in [0.1, 0.15) is 48.0 Å². The quantitative estimate of drug-likeness (QED) is 0.164. The van der Waals surface area contributed by atoms with Crippen molar-refractivity contribution in [1.82, 2.24) is 15.6 Å². The second-order valence-electron chi connectivity index (χ2n) is 9.43. The van der Waals surface area contributed by atoms with Gasteiger partial charge < -0.3 is 25.5 Å². The van der Waals surface area contributed by atoms with Crippen LogP contribution in [0.25, 0.3) is 10.9 Å². The molecule has 1 aromatic heterocycles. The van der Waals surface area contributed by atoms with E-state index >= 15 is 0 Å². The van der Waals surface area contributed by atoms with Crippen molar-refractivity contribution in [1.29, 1.82) is 0 Å². The van der Waals surface area contributed by atoms with Crippen LogP contribution < -0.4 is 15.4 Å². The average Bonchev–Trinajstić information content (AvgIpc) is 3.30. The Bertz CT molecular complexity index is 1230. The number of non-ortho nitro benzene ring substituents is 1. The number of H-pyrrole nitrogens is 1. The van der Waals surface area contributed by atoms with Crippen LogP contribution in [0.15, 0.2) is 48.7 Å². The van der Waals surface area contributed by atoms with Crippen LogP contribution in [0.5, 0.6) is 5.75 Å². The summed E-state index contributed by atoms with van der Waals surface area (Å²) in [5.41, 5.74) is 1.58. The van der Waals surface area contributed by atoms with Gasteiger partial charge in [-0.25, -0.2) is 4.79 Å². The van der Waals surface area contributed by atoms with E-state index in [9.17, 15) is 24.8 Å². The SMILES string of the molecule is O=C(N[C@@H](Cc1c[nH]c2ccc(OCCCCC3CCNCC3)cc12)C(=O)O)c1ccc([N+](=O)[O-])cc1. The van der Waals surface area contributed by atoms with E-state index in [4.69, 9.17) is 4.74 Å². The fraction of sp³-hybridized carbons (Fsp3) is 0.407. The zero-order chi connectivity index (χ0) is 26.2. The first-order valence-corrected chi connectivity index (χ1v) is 12.6. The van der Waals surface area contributed by atoms with Crippen molar-refractivity contribution in [2.45, 2.75) is 44.6 Å². The standard InChI is InChI=1S/C27H32N4O6/c32-26(19-4-6-21(7-5-19)31(35)36)30-25(27(33)34)15-20-17-29-24-9-8-22(16-23(20)24)37-14-2-1-3-18-10-12-28-13-11-18/h4-9,16-18,25,28-29H,1-3,10-15H2,(H,30,32)(H,33,34)/t25-/m0/s1. The maximum absolute atomic E-state index is 12.6. The van der Waals surface area contributed by atoms with E-state index in [0.717, 1.165) is 54.1 Å². The molecule has 1 fully saturated rings. The molecule has 1 aliphatic rings. The molecule has 4 rings (SSSR count). The highest BCUT2D eigenvalue weighted by Gasteiger charge is 2.23. The number of hydrogen-bond acceptors (Lipinski definition) is 6. The average molecular weight is 509 g/mol. The normalized spacial score (nSPS) is 14.8. The summed E-state index contributed by atoms with van der Waals surface area (Å²) < 4.78 is 5.97. The lowest BCUT2D eigenvalue weighted by molar-refractivity contribution is -0.384. The third-order valence-electron chi connectivity index (χ3n) is 6.84. The third-order valence-corrected chi connectivity index (χ3v) is 6.84. The van der Waals surface area contributed by atoms with Crippen LogP contribution in [-0.4, -0.2) is 52.6 Å². The molecule has 1 saturated heterocycles. The summed E-state index contributed by atoms with van der Waals surface area (Å²) in [6.45, 7) is 2.85. The molecular weight excluding hydrogens is 476 g/mol. The maximum atomic E-state index is 12.6. The second-order valence-corrected chi connectivity index (χ2v) is 9.43. The molecule has 0 aliphatic carbocycles. The number of nitrogens with one attached hydrogen (secondary N) is 3. The molecule has 37 heavy (non-hydrogen) atoms. The van der Waals surface area contributed by atoms with Crippen molar-refractivity contribution >= 4 is 28.5 Å². The van der Waals surface area contributed by atoms with Crippen molar-refractivity contribution in [3.8, 4) is 5.75 Å². The number of carboxylic acids is 1. The number of nitrogens with zero attached hydrogens (tertiary/aromatic N) is 1. The van der Waals surface area contributed by atoms with E-state index in [0.29, 0.717) is 6.61 Å². The first-order valence-electron chi connectivity index (χ1n) is 12.6. The van der Waals surface area contributed by atoms with E-state index in [1.54, 1.807) is 6.20 Å². The molecule has 1 aliphatic heterocycles. The first-order chi connectivity index (χ1) is 17.9. The Hall–Kier alpha value is -3.92. The van der Waals surface area contributed by atoms with Gasteiger partial charge in [0.15, 0.2) is 0 Å². The van der Waals surface area contributed by atoms with Crippen molar-refractivity contribution in [3.05, 3.63) is 69.9 Å². The Kier molecular flexibility index (Phi) is 8.73. The predicted octanol–water partition coefficient (Wildman–Crippen LogP) is 4.05. The number of nitro groups is 1. The fourth-order valence-corrected chi connectivity index (χ4v) is 4.71. The smallest absolute Gasteiger partial charge is 0.326 e. The number of unbranched alkanes of at least 4 members (excludes halogenated alkanes) is 1. The number of ether oxygens (including phenoxy) is 1. The Balaban J connectivity index is 1.35. The van der Waals surface area contributed by atoms with Crippen LogP contribution in [0.4, 0.5) is 5.69 Å². The summed E-state index contributed by atoms with van der Waals surface area (Å²) >= 11 is 0. The van der Waals surface area contributed by atoms with Gasteiger partial charge in [-0.2, -0.15) is 0 Å². The Labute approximate surface area is 214 Å². The number of nitro benzene ring substituents is 1. The number of rotatable bonds is 12. The van der Waals surface area contributed by atoms with Gasteiger partial charge in [0.1, 0.15) is 11.8 Å². The Morgan fingerprint density at radius 2 is 1.89 bits per heavy atom. The Morgan fingerprint density at radius 1 is 1.14 bits per heavy atom. The number of aliphatic carboxylic acids is 1. The van der Waals surface area contributed by atoms with E-state index in [-0.39, 0.29) is 17.7 Å². The van der Waals surface area contributed by atoms with E-state index in [1.807, 2.05) is 18.2 Å². The van der Waals surface area contributed by atoms with Crippen molar-refractivity contribution in [2.75, 3.05) is 19.7 Å². The molecule has 196 valence electrons. The highest BCUT2D eigenvalue weighted by molar-refractivity contribution is 5.97. The molecule has 0 bridgehead atoms. The van der Waals surface area contributed by atoms with Gasteiger partial charge >= 0.3 is 5.97 Å². The van der Waals surface area contributed by atoms with Gasteiger partial charge in [0.2, 0.25) is 0 Å². The monoisotopic (exact) mass is 508 g/mol. The topological polar surface area (TPSA) is 147 Å². The summed E-state index contributed by atoms with van der Waals surface area (Å²) in [6, 6.07) is 9.52. The van der Waals surface area contributed by atoms with E-state index in [2.05, 4.69) is 15.6 Å². The zero-order valence-electron chi connectivity index (χ0n) is 20.6. The number of aromatic nitrogens is 1. The molecule has 2 heterocycles. The molecule has 10 nitrogen and oxygen atoms in total. The number of carboxylic acid groups (broad SMARTS) is 1. The number of carbonyl (C=O) groups excluding carboxylic acids is 1. The summed E-state index contributed by atoms with van der Waals surface area (Å²) in [5, 5.41) is 27.3. The van der Waals surface area contributed by atoms with Crippen molar-refractivity contribution in [3.63, 3.8) is 0 Å². The molecule has 10 heteroatoms. The summed E-state index contributed by atoms with van der Waals surface area (Å²) in [7, 11) is 0. The lowest BCUT2D eigenvalue weighted by Crippen LogP contribution is -2.42. The van der Waals surface area contributed by atoms with E-state index < -0.39 is 22.8 Å². The predicted molar refractivity (Wildman–Crippen MR) is 139 cm³/mol. The molecule has 2 aromatic carbocycles.